The van der Waals surface area contributed by atoms with Gasteiger partial charge in [0.2, 0.25) is 0 Å². The van der Waals surface area contributed by atoms with Crippen molar-refractivity contribution in [3.63, 3.8) is 0 Å². The number of alkyl halides is 1. The number of carbonyl (C=O) groups is 1. The first kappa shape index (κ1) is 25.7. The minimum atomic E-state index is -0.379. The van der Waals surface area contributed by atoms with Gasteiger partial charge in [0.05, 0.1) is 0 Å². The van der Waals surface area contributed by atoms with Crippen LogP contribution >= 0.6 is 11.6 Å². The van der Waals surface area contributed by atoms with E-state index < -0.39 is 0 Å². The highest BCUT2D eigenvalue weighted by molar-refractivity contribution is 6.17. The largest absolute Gasteiger partial charge is 0.460 e. The molecular formula is C21H41ClO4. The molecule has 4 nitrogen and oxygen atoms in total. The summed E-state index contributed by atoms with van der Waals surface area (Å²) in [6, 6.07) is 0. The van der Waals surface area contributed by atoms with Gasteiger partial charge < -0.3 is 14.2 Å². The lowest BCUT2D eigenvalue weighted by Crippen LogP contribution is -2.23. The van der Waals surface area contributed by atoms with Crippen molar-refractivity contribution >= 4 is 17.6 Å². The van der Waals surface area contributed by atoms with E-state index in [2.05, 4.69) is 0 Å². The molecule has 0 saturated carbocycles. The Labute approximate surface area is 166 Å². The number of halogens is 1. The highest BCUT2D eigenvalue weighted by Gasteiger charge is 2.15. The van der Waals surface area contributed by atoms with Crippen molar-refractivity contribution in [3.8, 4) is 0 Å². The molecule has 0 rings (SSSR count). The average molecular weight is 393 g/mol. The van der Waals surface area contributed by atoms with Gasteiger partial charge in [0, 0.05) is 38.7 Å². The van der Waals surface area contributed by atoms with Crippen LogP contribution in [0, 0.1) is 0 Å². The monoisotopic (exact) mass is 392 g/mol. The molecule has 26 heavy (non-hydrogen) atoms. The second-order valence-electron chi connectivity index (χ2n) is 7.79. The van der Waals surface area contributed by atoms with Crippen molar-refractivity contribution in [2.75, 3.05) is 32.3 Å². The lowest BCUT2D eigenvalue weighted by Gasteiger charge is -2.19. The molecule has 0 aliphatic heterocycles. The fourth-order valence-corrected chi connectivity index (χ4v) is 2.67. The van der Waals surface area contributed by atoms with Gasteiger partial charge in [0.15, 0.2) is 0 Å². The Balaban J connectivity index is 3.12. The number of esters is 1. The number of hydrogen-bond acceptors (Lipinski definition) is 4. The van der Waals surface area contributed by atoms with Crippen LogP contribution in [0.2, 0.25) is 0 Å². The first-order valence-electron chi connectivity index (χ1n) is 10.4. The highest BCUT2D eigenvalue weighted by Crippen LogP contribution is 2.10. The van der Waals surface area contributed by atoms with E-state index in [1.165, 1.54) is 12.8 Å². The molecule has 5 heteroatoms. The van der Waals surface area contributed by atoms with Gasteiger partial charge in [-0.3, -0.25) is 4.79 Å². The van der Waals surface area contributed by atoms with Crippen LogP contribution in [0.4, 0.5) is 0 Å². The third-order valence-electron chi connectivity index (χ3n) is 3.84. The molecule has 0 amide bonds. The zero-order valence-electron chi connectivity index (χ0n) is 17.3. The number of carbonyl (C=O) groups excluding carboxylic acids is 1. The number of hydrogen-bond donors (Lipinski definition) is 0. The molecule has 0 bridgehead atoms. The molecule has 0 heterocycles. The van der Waals surface area contributed by atoms with E-state index in [-0.39, 0.29) is 11.6 Å². The summed E-state index contributed by atoms with van der Waals surface area (Å²) in [5.74, 6) is 0.672. The van der Waals surface area contributed by atoms with E-state index in [1.54, 1.807) is 0 Å². The Morgan fingerprint density at radius 2 is 1.12 bits per heavy atom. The first-order valence-corrected chi connectivity index (χ1v) is 10.9. The van der Waals surface area contributed by atoms with Crippen LogP contribution < -0.4 is 0 Å². The molecule has 0 aromatic rings. The molecule has 0 aromatic heterocycles. The van der Waals surface area contributed by atoms with Crippen LogP contribution in [0.3, 0.4) is 0 Å². The molecule has 0 saturated heterocycles. The van der Waals surface area contributed by atoms with E-state index in [0.717, 1.165) is 83.7 Å². The molecule has 0 atom stereocenters. The van der Waals surface area contributed by atoms with E-state index in [1.807, 2.05) is 20.8 Å². The normalized spacial score (nSPS) is 11.7. The van der Waals surface area contributed by atoms with Crippen LogP contribution in [0.1, 0.15) is 91.4 Å². The maximum Gasteiger partial charge on any atom is 0.306 e. The molecular weight excluding hydrogens is 352 g/mol. The van der Waals surface area contributed by atoms with Gasteiger partial charge in [-0.1, -0.05) is 19.3 Å². The van der Waals surface area contributed by atoms with Gasteiger partial charge >= 0.3 is 5.97 Å². The Morgan fingerprint density at radius 1 is 0.692 bits per heavy atom. The standard InChI is InChI=1S/C21H41ClO4/c1-21(2,3)26-20(23)14-8-6-11-17-25-19-13-7-12-18-24-16-10-5-4-9-15-22/h4-19H2,1-3H3. The van der Waals surface area contributed by atoms with E-state index in [9.17, 15) is 4.79 Å². The molecule has 0 aliphatic rings. The molecule has 156 valence electrons. The Hall–Kier alpha value is -0.320. The topological polar surface area (TPSA) is 44.8 Å². The number of ether oxygens (including phenoxy) is 3. The third kappa shape index (κ3) is 21.7. The average Bonchev–Trinajstić information content (AvgIpc) is 2.56. The molecule has 0 spiro atoms. The summed E-state index contributed by atoms with van der Waals surface area (Å²) in [6.45, 7) is 9.04. The minimum absolute atomic E-state index is 0.101. The molecule has 0 aromatic carbocycles. The van der Waals surface area contributed by atoms with Crippen LogP contribution in [0.15, 0.2) is 0 Å². The first-order chi connectivity index (χ1) is 12.5. The summed E-state index contributed by atoms with van der Waals surface area (Å²) in [6.07, 6.45) is 11.5. The van der Waals surface area contributed by atoms with E-state index >= 15 is 0 Å². The Morgan fingerprint density at radius 3 is 1.58 bits per heavy atom. The van der Waals surface area contributed by atoms with Crippen molar-refractivity contribution in [2.24, 2.45) is 0 Å². The fourth-order valence-electron chi connectivity index (χ4n) is 2.48. The fraction of sp³-hybridized carbons (Fsp3) is 0.952. The smallest absolute Gasteiger partial charge is 0.306 e. The van der Waals surface area contributed by atoms with Crippen molar-refractivity contribution in [1.29, 1.82) is 0 Å². The summed E-state index contributed by atoms with van der Waals surface area (Å²) in [5, 5.41) is 0. The number of rotatable bonds is 18. The van der Waals surface area contributed by atoms with Gasteiger partial charge in [-0.2, -0.15) is 0 Å². The summed E-state index contributed by atoms with van der Waals surface area (Å²) in [7, 11) is 0. The Kier molecular flexibility index (Phi) is 17.8. The van der Waals surface area contributed by atoms with Crippen LogP contribution in [0.25, 0.3) is 0 Å². The van der Waals surface area contributed by atoms with Gasteiger partial charge in [0.25, 0.3) is 0 Å². The lowest BCUT2D eigenvalue weighted by molar-refractivity contribution is -0.154. The predicted octanol–water partition coefficient (Wildman–Crippen LogP) is 5.89. The van der Waals surface area contributed by atoms with Gasteiger partial charge in [-0.15, -0.1) is 11.6 Å². The van der Waals surface area contributed by atoms with Gasteiger partial charge in [-0.25, -0.2) is 0 Å². The summed E-state index contributed by atoms with van der Waals surface area (Å²) in [4.78, 5) is 11.6. The van der Waals surface area contributed by atoms with Crippen molar-refractivity contribution in [3.05, 3.63) is 0 Å². The highest BCUT2D eigenvalue weighted by atomic mass is 35.5. The third-order valence-corrected chi connectivity index (χ3v) is 4.11. The van der Waals surface area contributed by atoms with Crippen LogP contribution in [-0.2, 0) is 19.0 Å². The predicted molar refractivity (Wildman–Crippen MR) is 109 cm³/mol. The Bertz CT molecular complexity index is 316. The van der Waals surface area contributed by atoms with Crippen LogP contribution in [-0.4, -0.2) is 43.9 Å². The quantitative estimate of drug-likeness (QED) is 0.166. The molecule has 0 radical (unpaired) electrons. The van der Waals surface area contributed by atoms with E-state index in [4.69, 9.17) is 25.8 Å². The van der Waals surface area contributed by atoms with Gasteiger partial charge in [-0.05, 0) is 65.7 Å². The molecule has 0 fully saturated rings. The van der Waals surface area contributed by atoms with Crippen molar-refractivity contribution in [1.82, 2.24) is 0 Å². The lowest BCUT2D eigenvalue weighted by atomic mass is 10.1. The van der Waals surface area contributed by atoms with Gasteiger partial charge in [0.1, 0.15) is 5.60 Å². The maximum absolute atomic E-state index is 11.6. The van der Waals surface area contributed by atoms with Crippen molar-refractivity contribution < 1.29 is 19.0 Å². The molecule has 0 unspecified atom stereocenters. The second kappa shape index (κ2) is 18.1. The zero-order valence-corrected chi connectivity index (χ0v) is 18.1. The zero-order chi connectivity index (χ0) is 19.5. The SMILES string of the molecule is CC(C)(C)OC(=O)CCCCCOCCCCCOCCCCCCCl. The second-order valence-corrected chi connectivity index (χ2v) is 8.16. The molecule has 0 aliphatic carbocycles. The summed E-state index contributed by atoms with van der Waals surface area (Å²) < 4.78 is 16.5. The van der Waals surface area contributed by atoms with Crippen LogP contribution in [0.5, 0.6) is 0 Å². The summed E-state index contributed by atoms with van der Waals surface area (Å²) in [5.41, 5.74) is -0.379. The van der Waals surface area contributed by atoms with E-state index in [0.29, 0.717) is 6.42 Å². The number of unbranched alkanes of at least 4 members (excludes halogenated alkanes) is 7. The maximum atomic E-state index is 11.6. The minimum Gasteiger partial charge on any atom is -0.460 e. The van der Waals surface area contributed by atoms with Crippen molar-refractivity contribution in [2.45, 2.75) is 97.0 Å². The summed E-state index contributed by atoms with van der Waals surface area (Å²) >= 11 is 5.64. The molecule has 0 N–H and O–H groups in total.